The quantitative estimate of drug-likeness (QED) is 0.598. The second kappa shape index (κ2) is 2.65. The molecule has 0 aromatic heterocycles. The average Bonchev–Trinajstić information content (AvgIpc) is 1.99. The molecule has 11 heavy (non-hydrogen) atoms. The van der Waals surface area contributed by atoms with Gasteiger partial charge in [0.25, 0.3) is 0 Å². The Morgan fingerprint density at radius 1 is 1.27 bits per heavy atom. The molecule has 0 saturated carbocycles. The molecule has 1 aromatic carbocycles. The van der Waals surface area contributed by atoms with Crippen molar-refractivity contribution in [2.45, 2.75) is 0 Å². The van der Waals surface area contributed by atoms with Crippen LogP contribution < -0.4 is 0 Å². The van der Waals surface area contributed by atoms with E-state index in [0.29, 0.717) is 0 Å². The summed E-state index contributed by atoms with van der Waals surface area (Å²) >= 11 is 0. The van der Waals surface area contributed by atoms with E-state index >= 15 is 0 Å². The van der Waals surface area contributed by atoms with Gasteiger partial charge in [-0.2, -0.15) is 0 Å². The minimum Gasteiger partial charge on any atom is -0.503 e. The minimum absolute atomic E-state index is 0.0813. The first-order valence-electron chi connectivity index (χ1n) is 2.83. The molecule has 0 fully saturated rings. The third-order valence-corrected chi connectivity index (χ3v) is 1.21. The number of phenolic OH excluding ortho intramolecular Hbond substituents is 1. The van der Waals surface area contributed by atoms with Gasteiger partial charge in [0.05, 0.1) is 0 Å². The molecule has 1 rings (SSSR count). The first-order chi connectivity index (χ1) is 5.15. The van der Waals surface area contributed by atoms with Crippen molar-refractivity contribution in [3.05, 3.63) is 29.3 Å². The molecular weight excluding hydrogens is 152 g/mol. The normalized spacial score (nSPS) is 9.64. The monoisotopic (exact) mass is 157 g/mol. The predicted octanol–water partition coefficient (Wildman–Crippen LogP) is 1.67. The number of nitrogens with one attached hydrogen (secondary N) is 1. The zero-order valence-electron chi connectivity index (χ0n) is 5.44. The van der Waals surface area contributed by atoms with Crippen molar-refractivity contribution >= 4 is 6.21 Å². The molecule has 0 unspecified atom stereocenters. The maximum Gasteiger partial charge on any atom is 0.187 e. The SMILES string of the molecule is N=Cc1cc(F)c(O)c(F)c1. The molecule has 0 aliphatic carbocycles. The minimum atomic E-state index is -1.05. The van der Waals surface area contributed by atoms with Gasteiger partial charge in [0.2, 0.25) is 0 Å². The van der Waals surface area contributed by atoms with Gasteiger partial charge in [0.1, 0.15) is 0 Å². The van der Waals surface area contributed by atoms with Crippen LogP contribution in [0.2, 0.25) is 0 Å². The van der Waals surface area contributed by atoms with E-state index in [4.69, 9.17) is 10.5 Å². The Morgan fingerprint density at radius 3 is 2.09 bits per heavy atom. The fourth-order valence-electron chi connectivity index (χ4n) is 0.668. The first kappa shape index (κ1) is 7.65. The summed E-state index contributed by atoms with van der Waals surface area (Å²) in [5.74, 6) is -3.11. The van der Waals surface area contributed by atoms with Crippen molar-refractivity contribution < 1.29 is 13.9 Å². The Balaban J connectivity index is 3.31. The Bertz CT molecular complexity index is 275. The van der Waals surface area contributed by atoms with E-state index in [-0.39, 0.29) is 5.56 Å². The predicted molar refractivity (Wildman–Crippen MR) is 35.9 cm³/mol. The molecule has 2 N–H and O–H groups in total. The Morgan fingerprint density at radius 2 is 1.73 bits per heavy atom. The van der Waals surface area contributed by atoms with Gasteiger partial charge in [-0.1, -0.05) is 0 Å². The lowest BCUT2D eigenvalue weighted by atomic mass is 10.2. The number of phenols is 1. The van der Waals surface area contributed by atoms with Crippen molar-refractivity contribution in [2.24, 2.45) is 0 Å². The van der Waals surface area contributed by atoms with Crippen LogP contribution in [0.3, 0.4) is 0 Å². The molecule has 0 aliphatic heterocycles. The zero-order valence-corrected chi connectivity index (χ0v) is 5.44. The van der Waals surface area contributed by atoms with Crippen LogP contribution in [0.4, 0.5) is 8.78 Å². The molecule has 0 aliphatic rings. The molecule has 2 nitrogen and oxygen atoms in total. The lowest BCUT2D eigenvalue weighted by molar-refractivity contribution is 0.396. The highest BCUT2D eigenvalue weighted by Gasteiger charge is 2.07. The highest BCUT2D eigenvalue weighted by atomic mass is 19.1. The standard InChI is InChI=1S/C7H5F2NO/c8-5-1-4(3-10)2-6(9)7(5)11/h1-3,10-11H. The maximum absolute atomic E-state index is 12.4. The summed E-state index contributed by atoms with van der Waals surface area (Å²) in [5, 5.41) is 15.3. The van der Waals surface area contributed by atoms with Gasteiger partial charge >= 0.3 is 0 Å². The molecule has 0 amide bonds. The largest absolute Gasteiger partial charge is 0.503 e. The van der Waals surface area contributed by atoms with Gasteiger partial charge < -0.3 is 10.5 Å². The average molecular weight is 157 g/mol. The number of benzene rings is 1. The van der Waals surface area contributed by atoms with E-state index in [1.807, 2.05) is 0 Å². The highest BCUT2D eigenvalue weighted by molar-refractivity contribution is 5.77. The van der Waals surface area contributed by atoms with Crippen LogP contribution in [0.25, 0.3) is 0 Å². The maximum atomic E-state index is 12.4. The summed E-state index contributed by atoms with van der Waals surface area (Å²) in [6, 6.07) is 1.76. The van der Waals surface area contributed by atoms with Crippen LogP contribution >= 0.6 is 0 Å². The van der Waals surface area contributed by atoms with E-state index in [0.717, 1.165) is 18.3 Å². The van der Waals surface area contributed by atoms with E-state index in [2.05, 4.69) is 0 Å². The molecule has 1 aromatic rings. The van der Waals surface area contributed by atoms with Crippen molar-refractivity contribution in [2.75, 3.05) is 0 Å². The third-order valence-electron chi connectivity index (χ3n) is 1.21. The second-order valence-corrected chi connectivity index (χ2v) is 1.98. The van der Waals surface area contributed by atoms with E-state index < -0.39 is 17.4 Å². The van der Waals surface area contributed by atoms with Crippen molar-refractivity contribution in [1.29, 1.82) is 5.41 Å². The van der Waals surface area contributed by atoms with Crippen LogP contribution in [0.1, 0.15) is 5.56 Å². The molecule has 0 saturated heterocycles. The molecule has 0 heterocycles. The summed E-state index contributed by atoms with van der Waals surface area (Å²) in [6.45, 7) is 0. The summed E-state index contributed by atoms with van der Waals surface area (Å²) in [4.78, 5) is 0. The number of hydrogen-bond donors (Lipinski definition) is 2. The smallest absolute Gasteiger partial charge is 0.187 e. The summed E-state index contributed by atoms with van der Waals surface area (Å²) in [7, 11) is 0. The lowest BCUT2D eigenvalue weighted by Crippen LogP contribution is -1.87. The topological polar surface area (TPSA) is 44.1 Å². The molecular formula is C7H5F2NO. The Kier molecular flexibility index (Phi) is 1.85. The molecule has 0 radical (unpaired) electrons. The lowest BCUT2D eigenvalue weighted by Gasteiger charge is -1.97. The van der Waals surface area contributed by atoms with Gasteiger partial charge in [-0.15, -0.1) is 0 Å². The zero-order chi connectivity index (χ0) is 8.43. The van der Waals surface area contributed by atoms with Crippen LogP contribution in [0.15, 0.2) is 12.1 Å². The molecule has 4 heteroatoms. The fourth-order valence-corrected chi connectivity index (χ4v) is 0.668. The summed E-state index contributed by atoms with van der Waals surface area (Å²) < 4.78 is 24.9. The molecule has 58 valence electrons. The van der Waals surface area contributed by atoms with Gasteiger partial charge in [-0.05, 0) is 17.7 Å². The number of rotatable bonds is 1. The summed E-state index contributed by atoms with van der Waals surface area (Å²) in [5.41, 5.74) is 0.0813. The first-order valence-corrected chi connectivity index (χ1v) is 2.83. The summed E-state index contributed by atoms with van der Waals surface area (Å²) in [6.07, 6.45) is 0.797. The highest BCUT2D eigenvalue weighted by Crippen LogP contribution is 2.20. The van der Waals surface area contributed by atoms with Crippen LogP contribution in [0, 0.1) is 17.0 Å². The number of aromatic hydroxyl groups is 1. The number of hydrogen-bond acceptors (Lipinski definition) is 2. The van der Waals surface area contributed by atoms with E-state index in [1.165, 1.54) is 0 Å². The van der Waals surface area contributed by atoms with Crippen molar-refractivity contribution in [3.63, 3.8) is 0 Å². The van der Waals surface area contributed by atoms with E-state index in [1.54, 1.807) is 0 Å². The second-order valence-electron chi connectivity index (χ2n) is 1.98. The van der Waals surface area contributed by atoms with Gasteiger partial charge in [0.15, 0.2) is 17.4 Å². The van der Waals surface area contributed by atoms with Crippen LogP contribution in [-0.4, -0.2) is 11.3 Å². The molecule has 0 spiro atoms. The fraction of sp³-hybridized carbons (Fsp3) is 0. The van der Waals surface area contributed by atoms with E-state index in [9.17, 15) is 8.78 Å². The van der Waals surface area contributed by atoms with Gasteiger partial charge in [-0.3, -0.25) is 0 Å². The molecule has 0 atom stereocenters. The van der Waals surface area contributed by atoms with Crippen LogP contribution in [-0.2, 0) is 0 Å². The van der Waals surface area contributed by atoms with Crippen molar-refractivity contribution in [3.8, 4) is 5.75 Å². The van der Waals surface area contributed by atoms with Crippen LogP contribution in [0.5, 0.6) is 5.75 Å². The van der Waals surface area contributed by atoms with Gasteiger partial charge in [-0.25, -0.2) is 8.78 Å². The Hall–Kier alpha value is -1.45. The van der Waals surface area contributed by atoms with Gasteiger partial charge in [0, 0.05) is 6.21 Å². The Labute approximate surface area is 61.6 Å². The number of halogens is 2. The van der Waals surface area contributed by atoms with Crippen molar-refractivity contribution in [1.82, 2.24) is 0 Å². The third kappa shape index (κ3) is 1.34. The molecule has 0 bridgehead atoms.